The number of carbonyl (C=O) groups excluding carboxylic acids is 2. The first-order chi connectivity index (χ1) is 15.5. The van der Waals surface area contributed by atoms with Crippen molar-refractivity contribution in [2.75, 3.05) is 0 Å². The lowest BCUT2D eigenvalue weighted by Crippen LogP contribution is -2.66. The number of aliphatic hydroxyl groups excluding tert-OH is 1. The summed E-state index contributed by atoms with van der Waals surface area (Å²) in [4.78, 5) is 28.8. The van der Waals surface area contributed by atoms with Gasteiger partial charge in [-0.1, -0.05) is 57.0 Å². The molecule has 2 aromatic carbocycles. The monoisotopic (exact) mass is 438 g/mol. The summed E-state index contributed by atoms with van der Waals surface area (Å²) in [6.07, 6.45) is 3.06. The lowest BCUT2D eigenvalue weighted by Gasteiger charge is -2.44. The normalized spacial score (nSPS) is 21.2. The number of hydrogen-bond donors (Lipinski definition) is 2. The van der Waals surface area contributed by atoms with Gasteiger partial charge in [-0.15, -0.1) is 0 Å². The number of aliphatic hydroxyl groups is 1. The SMILES string of the molecule is CCC(CC)[C@@H]1C(=O)N[C@H](C2Cc3ccccc3C2)C(=O)N1Cc1ccc(F)cc1CO. The number of amides is 2. The Bertz CT molecular complexity index is 979. The molecule has 5 nitrogen and oxygen atoms in total. The molecule has 1 saturated heterocycles. The van der Waals surface area contributed by atoms with Crippen LogP contribution in [-0.2, 0) is 35.6 Å². The summed E-state index contributed by atoms with van der Waals surface area (Å²) in [5, 5.41) is 12.8. The van der Waals surface area contributed by atoms with Gasteiger partial charge in [-0.05, 0) is 59.1 Å². The van der Waals surface area contributed by atoms with Crippen LogP contribution in [0.4, 0.5) is 4.39 Å². The Morgan fingerprint density at radius 1 is 1.06 bits per heavy atom. The number of rotatable bonds is 7. The Hall–Kier alpha value is -2.73. The number of piperazine rings is 1. The molecule has 1 heterocycles. The van der Waals surface area contributed by atoms with Gasteiger partial charge in [0.05, 0.1) is 6.61 Å². The van der Waals surface area contributed by atoms with Gasteiger partial charge in [0.2, 0.25) is 11.8 Å². The van der Waals surface area contributed by atoms with Gasteiger partial charge >= 0.3 is 0 Å². The van der Waals surface area contributed by atoms with E-state index in [1.165, 1.54) is 23.3 Å². The molecule has 0 bridgehead atoms. The second kappa shape index (κ2) is 9.41. The van der Waals surface area contributed by atoms with Gasteiger partial charge in [0, 0.05) is 6.54 Å². The zero-order valence-electron chi connectivity index (χ0n) is 18.7. The molecule has 2 aliphatic rings. The maximum absolute atomic E-state index is 13.8. The van der Waals surface area contributed by atoms with Crippen LogP contribution in [0.5, 0.6) is 0 Å². The van der Waals surface area contributed by atoms with E-state index in [9.17, 15) is 19.1 Å². The number of hydrogen-bond acceptors (Lipinski definition) is 3. The smallest absolute Gasteiger partial charge is 0.246 e. The summed E-state index contributed by atoms with van der Waals surface area (Å²) in [7, 11) is 0. The van der Waals surface area contributed by atoms with Crippen molar-refractivity contribution in [2.24, 2.45) is 11.8 Å². The first-order valence-electron chi connectivity index (χ1n) is 11.5. The van der Waals surface area contributed by atoms with Crippen molar-refractivity contribution in [3.8, 4) is 0 Å². The average Bonchev–Trinajstić information content (AvgIpc) is 3.23. The van der Waals surface area contributed by atoms with E-state index in [0.29, 0.717) is 11.1 Å². The van der Waals surface area contributed by atoms with Crippen molar-refractivity contribution in [3.05, 3.63) is 70.5 Å². The Kier molecular flexibility index (Phi) is 6.60. The van der Waals surface area contributed by atoms with Crippen molar-refractivity contribution < 1.29 is 19.1 Å². The second-order valence-electron chi connectivity index (χ2n) is 8.98. The molecular weight excluding hydrogens is 407 g/mol. The van der Waals surface area contributed by atoms with Crippen molar-refractivity contribution in [2.45, 2.75) is 64.8 Å². The predicted octanol–water partition coefficient (Wildman–Crippen LogP) is 3.36. The molecule has 1 aliphatic heterocycles. The summed E-state index contributed by atoms with van der Waals surface area (Å²) in [5.74, 6) is -0.601. The largest absolute Gasteiger partial charge is 0.392 e. The molecule has 2 N–H and O–H groups in total. The van der Waals surface area contributed by atoms with Gasteiger partial charge in [-0.25, -0.2) is 4.39 Å². The summed E-state index contributed by atoms with van der Waals surface area (Å²) in [6, 6.07) is 11.2. The minimum atomic E-state index is -0.585. The van der Waals surface area contributed by atoms with E-state index >= 15 is 0 Å². The molecule has 170 valence electrons. The topological polar surface area (TPSA) is 69.6 Å². The fourth-order valence-corrected chi connectivity index (χ4v) is 5.37. The molecule has 2 atom stereocenters. The molecule has 1 aliphatic carbocycles. The minimum Gasteiger partial charge on any atom is -0.392 e. The fourth-order valence-electron chi connectivity index (χ4n) is 5.37. The van der Waals surface area contributed by atoms with E-state index in [-0.39, 0.29) is 36.8 Å². The number of benzene rings is 2. The number of halogens is 1. The Balaban J connectivity index is 1.66. The predicted molar refractivity (Wildman–Crippen MR) is 120 cm³/mol. The third-order valence-electron chi connectivity index (χ3n) is 7.18. The third-order valence-corrected chi connectivity index (χ3v) is 7.18. The van der Waals surface area contributed by atoms with E-state index in [1.54, 1.807) is 11.0 Å². The summed E-state index contributed by atoms with van der Waals surface area (Å²) < 4.78 is 13.7. The number of fused-ring (bicyclic) bond motifs is 1. The van der Waals surface area contributed by atoms with Crippen LogP contribution < -0.4 is 5.32 Å². The molecule has 0 unspecified atom stereocenters. The Labute approximate surface area is 188 Å². The average molecular weight is 439 g/mol. The van der Waals surface area contributed by atoms with Crippen LogP contribution in [0.3, 0.4) is 0 Å². The highest BCUT2D eigenvalue weighted by atomic mass is 19.1. The van der Waals surface area contributed by atoms with Crippen molar-refractivity contribution in [1.82, 2.24) is 10.2 Å². The van der Waals surface area contributed by atoms with E-state index < -0.39 is 17.9 Å². The van der Waals surface area contributed by atoms with Crippen molar-refractivity contribution in [3.63, 3.8) is 0 Å². The highest BCUT2D eigenvalue weighted by molar-refractivity contribution is 5.97. The van der Waals surface area contributed by atoms with Gasteiger partial charge in [-0.3, -0.25) is 9.59 Å². The Morgan fingerprint density at radius 2 is 1.72 bits per heavy atom. The van der Waals surface area contributed by atoms with Gasteiger partial charge in [0.1, 0.15) is 17.9 Å². The van der Waals surface area contributed by atoms with E-state index in [2.05, 4.69) is 17.4 Å². The highest BCUT2D eigenvalue weighted by Gasteiger charge is 2.47. The summed E-state index contributed by atoms with van der Waals surface area (Å²) in [6.45, 7) is 3.92. The Morgan fingerprint density at radius 3 is 2.31 bits per heavy atom. The second-order valence-corrected chi connectivity index (χ2v) is 8.98. The van der Waals surface area contributed by atoms with Crippen LogP contribution in [-0.4, -0.2) is 33.9 Å². The first-order valence-corrected chi connectivity index (χ1v) is 11.5. The maximum atomic E-state index is 13.8. The molecular formula is C26H31FN2O3. The van der Waals surface area contributed by atoms with Crippen molar-refractivity contribution in [1.29, 1.82) is 0 Å². The molecule has 0 aromatic heterocycles. The van der Waals surface area contributed by atoms with Crippen LogP contribution in [0.1, 0.15) is 48.9 Å². The molecule has 4 rings (SSSR count). The summed E-state index contributed by atoms with van der Waals surface area (Å²) >= 11 is 0. The first kappa shape index (κ1) is 22.5. The van der Waals surface area contributed by atoms with Crippen LogP contribution >= 0.6 is 0 Å². The molecule has 1 fully saturated rings. The van der Waals surface area contributed by atoms with Crippen LogP contribution in [0.25, 0.3) is 0 Å². The van der Waals surface area contributed by atoms with Gasteiger partial charge in [0.15, 0.2) is 0 Å². The van der Waals surface area contributed by atoms with Crippen molar-refractivity contribution >= 4 is 11.8 Å². The van der Waals surface area contributed by atoms with Crippen LogP contribution in [0.2, 0.25) is 0 Å². The number of carbonyl (C=O) groups is 2. The number of nitrogens with zero attached hydrogens (tertiary/aromatic N) is 1. The highest BCUT2D eigenvalue weighted by Crippen LogP contribution is 2.33. The molecule has 6 heteroatoms. The molecule has 2 aromatic rings. The minimum absolute atomic E-state index is 0.0135. The lowest BCUT2D eigenvalue weighted by molar-refractivity contribution is -0.154. The molecule has 0 saturated carbocycles. The molecule has 0 radical (unpaired) electrons. The van der Waals surface area contributed by atoms with E-state index in [1.807, 2.05) is 26.0 Å². The standard InChI is InChI=1S/C26H31FN2O3/c1-3-16(4-2)24-25(31)28-23(20-11-17-7-5-6-8-18(17)12-20)26(32)29(24)14-19-9-10-22(27)13-21(19)15-30/h5-10,13,16,20,23-24,30H,3-4,11-12,14-15H2,1-2H3,(H,28,31)/t23-,24-/m1/s1. The molecule has 0 spiro atoms. The lowest BCUT2D eigenvalue weighted by atomic mass is 9.85. The van der Waals surface area contributed by atoms with Crippen LogP contribution in [0, 0.1) is 17.7 Å². The fraction of sp³-hybridized carbons (Fsp3) is 0.462. The zero-order chi connectivity index (χ0) is 22.8. The molecule has 32 heavy (non-hydrogen) atoms. The molecule has 2 amide bonds. The van der Waals surface area contributed by atoms with E-state index in [4.69, 9.17) is 0 Å². The maximum Gasteiger partial charge on any atom is 0.246 e. The third kappa shape index (κ3) is 4.16. The summed E-state index contributed by atoms with van der Waals surface area (Å²) in [5.41, 5.74) is 3.57. The van der Waals surface area contributed by atoms with Crippen LogP contribution in [0.15, 0.2) is 42.5 Å². The zero-order valence-corrected chi connectivity index (χ0v) is 18.7. The quantitative estimate of drug-likeness (QED) is 0.697. The van der Waals surface area contributed by atoms with Gasteiger partial charge in [-0.2, -0.15) is 0 Å². The number of nitrogens with one attached hydrogen (secondary N) is 1. The van der Waals surface area contributed by atoms with E-state index in [0.717, 1.165) is 25.7 Å². The van der Waals surface area contributed by atoms with Gasteiger partial charge < -0.3 is 15.3 Å². The van der Waals surface area contributed by atoms with Gasteiger partial charge in [0.25, 0.3) is 0 Å².